The van der Waals surface area contributed by atoms with Gasteiger partial charge in [-0.1, -0.05) is 78.0 Å². The normalized spacial score (nSPS) is 12.2. The molecule has 31 heavy (non-hydrogen) atoms. The Balaban J connectivity index is 1.73. The molecule has 0 amide bonds. The van der Waals surface area contributed by atoms with Gasteiger partial charge in [-0.05, 0) is 34.9 Å². The van der Waals surface area contributed by atoms with E-state index in [-0.39, 0.29) is 6.61 Å². The van der Waals surface area contributed by atoms with Crippen molar-refractivity contribution >= 4 is 34.1 Å². The number of methoxy groups -OCH3 is 2. The van der Waals surface area contributed by atoms with Crippen molar-refractivity contribution < 1.29 is 19.1 Å². The molecule has 0 aliphatic carbocycles. The minimum atomic E-state index is -0.480. The molecule has 0 radical (unpaired) electrons. The highest BCUT2D eigenvalue weighted by Crippen LogP contribution is 2.22. The molecular formula is C26H25NO4. The Bertz CT molecular complexity index is 1140. The van der Waals surface area contributed by atoms with Crippen LogP contribution in [0.2, 0.25) is 0 Å². The van der Waals surface area contributed by atoms with Crippen molar-refractivity contribution in [3.8, 4) is 0 Å². The van der Waals surface area contributed by atoms with Crippen LogP contribution in [-0.4, -0.2) is 25.9 Å². The molecule has 0 saturated heterocycles. The van der Waals surface area contributed by atoms with Gasteiger partial charge < -0.3 is 14.3 Å². The summed E-state index contributed by atoms with van der Waals surface area (Å²) in [7, 11) is 2.82. The number of hydrogen-bond donors (Lipinski definition) is 0. The van der Waals surface area contributed by atoms with E-state index in [0.717, 1.165) is 16.8 Å². The van der Waals surface area contributed by atoms with Gasteiger partial charge in [-0.15, -0.1) is 0 Å². The van der Waals surface area contributed by atoms with Crippen LogP contribution >= 0.6 is 0 Å². The molecule has 0 N–H and O–H groups in total. The topological polar surface area (TPSA) is 57.1 Å². The Kier molecular flexibility index (Phi) is 7.60. The Labute approximate surface area is 182 Å². The lowest BCUT2D eigenvalue weighted by molar-refractivity contribution is -0.133. The minimum Gasteiger partial charge on any atom is -0.503 e. The van der Waals surface area contributed by atoms with Crippen molar-refractivity contribution in [2.75, 3.05) is 14.2 Å². The Morgan fingerprint density at radius 1 is 0.968 bits per heavy atom. The quantitative estimate of drug-likeness (QED) is 0.158. The third-order valence-electron chi connectivity index (χ3n) is 4.70. The number of carbonyl (C=O) groups excluding carboxylic acids is 1. The number of oxime groups is 1. The number of hydrogen-bond acceptors (Lipinski definition) is 5. The first-order valence-corrected chi connectivity index (χ1v) is 9.86. The highest BCUT2D eigenvalue weighted by Gasteiger charge is 2.16. The fourth-order valence-electron chi connectivity index (χ4n) is 3.20. The maximum atomic E-state index is 12.1. The first-order valence-electron chi connectivity index (χ1n) is 9.86. The van der Waals surface area contributed by atoms with Gasteiger partial charge in [0.25, 0.3) is 0 Å². The Morgan fingerprint density at radius 3 is 2.52 bits per heavy atom. The zero-order valence-electron chi connectivity index (χ0n) is 17.9. The van der Waals surface area contributed by atoms with Crippen molar-refractivity contribution in [1.82, 2.24) is 0 Å². The largest absolute Gasteiger partial charge is 0.503 e. The van der Waals surface area contributed by atoms with Crippen LogP contribution < -0.4 is 0 Å². The molecule has 0 unspecified atom stereocenters. The van der Waals surface area contributed by atoms with Crippen LogP contribution in [0.3, 0.4) is 0 Å². The highest BCUT2D eigenvalue weighted by molar-refractivity contribution is 6.16. The number of fused-ring (bicyclic) bond motifs is 1. The molecule has 0 heterocycles. The van der Waals surface area contributed by atoms with Crippen LogP contribution in [0.4, 0.5) is 0 Å². The fraction of sp³-hybridized carbons (Fsp3) is 0.154. The first-order chi connectivity index (χ1) is 15.1. The van der Waals surface area contributed by atoms with Gasteiger partial charge in [-0.3, -0.25) is 0 Å². The van der Waals surface area contributed by atoms with Crippen molar-refractivity contribution in [2.24, 2.45) is 5.16 Å². The van der Waals surface area contributed by atoms with Crippen LogP contribution in [0, 0.1) is 0 Å². The van der Waals surface area contributed by atoms with Crippen molar-refractivity contribution in [3.63, 3.8) is 0 Å². The van der Waals surface area contributed by atoms with E-state index in [2.05, 4.69) is 29.4 Å². The standard InChI is InChI=1S/C26H25NO4/c1-19(15-16-21-12-8-11-20-9-4-6-13-23(20)21)27-31-17-22-10-5-7-14-24(22)25(18-29-2)26(28)30-3/h4-16,18H,17H2,1-3H3. The maximum absolute atomic E-state index is 12.1. The average molecular weight is 415 g/mol. The molecule has 0 aliphatic heterocycles. The van der Waals surface area contributed by atoms with Gasteiger partial charge >= 0.3 is 5.97 Å². The third-order valence-corrected chi connectivity index (χ3v) is 4.70. The molecule has 0 atom stereocenters. The number of carbonyl (C=O) groups is 1. The van der Waals surface area contributed by atoms with E-state index < -0.39 is 5.97 Å². The summed E-state index contributed by atoms with van der Waals surface area (Å²) in [4.78, 5) is 17.7. The molecular weight excluding hydrogens is 390 g/mol. The van der Waals surface area contributed by atoms with Gasteiger partial charge in [0.15, 0.2) is 0 Å². The molecule has 5 nitrogen and oxygen atoms in total. The van der Waals surface area contributed by atoms with Crippen LogP contribution in [0.15, 0.2) is 84.2 Å². The molecule has 3 rings (SSSR count). The summed E-state index contributed by atoms with van der Waals surface area (Å²) < 4.78 is 9.90. The second-order valence-electron chi connectivity index (χ2n) is 6.82. The number of esters is 1. The lowest BCUT2D eigenvalue weighted by Crippen LogP contribution is -2.07. The number of allylic oxidation sites excluding steroid dienone is 1. The second-order valence-corrected chi connectivity index (χ2v) is 6.82. The molecule has 0 bridgehead atoms. The molecule has 0 aliphatic rings. The van der Waals surface area contributed by atoms with Gasteiger partial charge in [0.05, 0.1) is 26.2 Å². The van der Waals surface area contributed by atoms with Gasteiger partial charge in [0, 0.05) is 5.56 Å². The SMILES string of the molecule is COC=C(C(=O)OC)c1ccccc1CON=C(C)C=Cc1cccc2ccccc12. The average Bonchev–Trinajstić information content (AvgIpc) is 2.81. The lowest BCUT2D eigenvalue weighted by atomic mass is 10.0. The highest BCUT2D eigenvalue weighted by atomic mass is 16.6. The van der Waals surface area contributed by atoms with E-state index in [9.17, 15) is 4.79 Å². The monoisotopic (exact) mass is 415 g/mol. The van der Waals surface area contributed by atoms with Gasteiger partial charge in [0.2, 0.25) is 0 Å². The lowest BCUT2D eigenvalue weighted by Gasteiger charge is -2.10. The van der Waals surface area contributed by atoms with E-state index >= 15 is 0 Å². The predicted octanol–water partition coefficient (Wildman–Crippen LogP) is 5.61. The van der Waals surface area contributed by atoms with Crippen LogP contribution in [0.5, 0.6) is 0 Å². The first kappa shape index (κ1) is 21.8. The van der Waals surface area contributed by atoms with Crippen LogP contribution in [0.25, 0.3) is 22.4 Å². The summed E-state index contributed by atoms with van der Waals surface area (Å²) in [6.45, 7) is 2.08. The van der Waals surface area contributed by atoms with E-state index in [1.165, 1.54) is 31.3 Å². The zero-order valence-corrected chi connectivity index (χ0v) is 17.9. The molecule has 0 fully saturated rings. The molecule has 158 valence electrons. The van der Waals surface area contributed by atoms with Gasteiger partial charge in [-0.25, -0.2) is 4.79 Å². The van der Waals surface area contributed by atoms with Crippen LogP contribution in [0.1, 0.15) is 23.6 Å². The number of rotatable bonds is 8. The van der Waals surface area contributed by atoms with E-state index in [1.807, 2.05) is 61.5 Å². The third kappa shape index (κ3) is 5.60. The van der Waals surface area contributed by atoms with Gasteiger partial charge in [0.1, 0.15) is 12.2 Å². The summed E-state index contributed by atoms with van der Waals surface area (Å²) in [6.07, 6.45) is 5.31. The Morgan fingerprint density at radius 2 is 1.71 bits per heavy atom. The molecule has 5 heteroatoms. The summed E-state index contributed by atoms with van der Waals surface area (Å²) in [6, 6.07) is 21.9. The number of benzene rings is 3. The summed E-state index contributed by atoms with van der Waals surface area (Å²) in [5.74, 6) is -0.480. The van der Waals surface area contributed by atoms with Gasteiger partial charge in [-0.2, -0.15) is 0 Å². The molecule has 0 spiro atoms. The van der Waals surface area contributed by atoms with E-state index in [0.29, 0.717) is 11.1 Å². The Hall–Kier alpha value is -3.86. The van der Waals surface area contributed by atoms with E-state index in [1.54, 1.807) is 0 Å². The number of ether oxygens (including phenoxy) is 2. The molecule has 0 aromatic heterocycles. The fourth-order valence-corrected chi connectivity index (χ4v) is 3.20. The molecule has 3 aromatic rings. The summed E-state index contributed by atoms with van der Waals surface area (Å²) in [5.41, 5.74) is 3.64. The zero-order chi connectivity index (χ0) is 22.1. The number of nitrogens with zero attached hydrogens (tertiary/aromatic N) is 1. The van der Waals surface area contributed by atoms with Crippen molar-refractivity contribution in [2.45, 2.75) is 13.5 Å². The predicted molar refractivity (Wildman–Crippen MR) is 124 cm³/mol. The summed E-state index contributed by atoms with van der Waals surface area (Å²) in [5, 5.41) is 6.57. The van der Waals surface area contributed by atoms with E-state index in [4.69, 9.17) is 14.3 Å². The molecule has 0 saturated carbocycles. The molecule has 3 aromatic carbocycles. The minimum absolute atomic E-state index is 0.202. The van der Waals surface area contributed by atoms with Crippen molar-refractivity contribution in [3.05, 3.63) is 95.8 Å². The summed E-state index contributed by atoms with van der Waals surface area (Å²) >= 11 is 0. The second kappa shape index (κ2) is 10.8. The smallest absolute Gasteiger partial charge is 0.341 e. The van der Waals surface area contributed by atoms with Crippen molar-refractivity contribution in [1.29, 1.82) is 0 Å². The maximum Gasteiger partial charge on any atom is 0.341 e. The van der Waals surface area contributed by atoms with Crippen LogP contribution in [-0.2, 0) is 25.7 Å².